The van der Waals surface area contributed by atoms with Crippen molar-refractivity contribution < 1.29 is 9.90 Å². The molecule has 0 bridgehead atoms. The Bertz CT molecular complexity index is 418. The number of anilines is 1. The molecule has 0 unspecified atom stereocenters. The molecule has 0 spiro atoms. The second-order valence-corrected chi connectivity index (χ2v) is 4.49. The average molecular weight is 234 g/mol. The van der Waals surface area contributed by atoms with Gasteiger partial charge in [0.15, 0.2) is 0 Å². The van der Waals surface area contributed by atoms with E-state index in [0.29, 0.717) is 12.8 Å². The molecule has 17 heavy (non-hydrogen) atoms. The third-order valence-electron chi connectivity index (χ3n) is 2.98. The van der Waals surface area contributed by atoms with Gasteiger partial charge in [0.25, 0.3) is 0 Å². The number of aliphatic hydroxyl groups excluding tert-OH is 1. The summed E-state index contributed by atoms with van der Waals surface area (Å²) in [5, 5.41) is 11.6. The Morgan fingerprint density at radius 2 is 2.29 bits per heavy atom. The normalized spacial score (nSPS) is 14.7. The minimum Gasteiger partial charge on any atom is -0.396 e. The standard InChI is InChI=1S/C13H18N2O2/c1-15-8-10-4-2-5-12(11(10)9-15)14-13(17)6-3-7-16/h2,4-5,16H,3,6-9H2,1H3,(H,14,17). The number of rotatable bonds is 4. The minimum atomic E-state index is -0.0259. The van der Waals surface area contributed by atoms with Crippen LogP contribution in [0, 0.1) is 0 Å². The fourth-order valence-corrected chi connectivity index (χ4v) is 2.16. The Balaban J connectivity index is 2.07. The van der Waals surface area contributed by atoms with Gasteiger partial charge in [0.1, 0.15) is 0 Å². The van der Waals surface area contributed by atoms with Crippen molar-refractivity contribution >= 4 is 11.6 Å². The van der Waals surface area contributed by atoms with Crippen LogP contribution in [-0.4, -0.2) is 29.6 Å². The highest BCUT2D eigenvalue weighted by Gasteiger charge is 2.19. The number of benzene rings is 1. The summed E-state index contributed by atoms with van der Waals surface area (Å²) in [7, 11) is 2.07. The molecule has 0 radical (unpaired) electrons. The molecule has 0 aromatic heterocycles. The number of fused-ring (bicyclic) bond motifs is 1. The van der Waals surface area contributed by atoms with Crippen LogP contribution in [0.1, 0.15) is 24.0 Å². The van der Waals surface area contributed by atoms with E-state index in [0.717, 1.165) is 18.8 Å². The lowest BCUT2D eigenvalue weighted by molar-refractivity contribution is -0.116. The van der Waals surface area contributed by atoms with Crippen LogP contribution in [0.4, 0.5) is 5.69 Å². The quantitative estimate of drug-likeness (QED) is 0.826. The molecule has 92 valence electrons. The van der Waals surface area contributed by atoms with E-state index < -0.39 is 0 Å². The van der Waals surface area contributed by atoms with E-state index in [1.54, 1.807) is 0 Å². The molecule has 1 aliphatic heterocycles. The molecule has 2 rings (SSSR count). The van der Waals surface area contributed by atoms with E-state index in [1.165, 1.54) is 11.1 Å². The van der Waals surface area contributed by atoms with Crippen molar-refractivity contribution in [3.8, 4) is 0 Å². The van der Waals surface area contributed by atoms with Crippen LogP contribution >= 0.6 is 0 Å². The van der Waals surface area contributed by atoms with Crippen molar-refractivity contribution in [3.05, 3.63) is 29.3 Å². The lowest BCUT2D eigenvalue weighted by Gasteiger charge is -2.09. The Kier molecular flexibility index (Phi) is 3.76. The maximum Gasteiger partial charge on any atom is 0.224 e. The molecule has 4 nitrogen and oxygen atoms in total. The van der Waals surface area contributed by atoms with E-state index in [-0.39, 0.29) is 12.5 Å². The first-order valence-electron chi connectivity index (χ1n) is 5.90. The highest BCUT2D eigenvalue weighted by atomic mass is 16.3. The molecule has 0 fully saturated rings. The second-order valence-electron chi connectivity index (χ2n) is 4.49. The third kappa shape index (κ3) is 2.84. The minimum absolute atomic E-state index is 0.0259. The Labute approximate surface area is 101 Å². The van der Waals surface area contributed by atoms with Crippen LogP contribution in [0.25, 0.3) is 0 Å². The van der Waals surface area contributed by atoms with Crippen molar-refractivity contribution in [3.63, 3.8) is 0 Å². The van der Waals surface area contributed by atoms with Gasteiger partial charge in [-0.3, -0.25) is 9.69 Å². The van der Waals surface area contributed by atoms with Gasteiger partial charge in [-0.25, -0.2) is 0 Å². The second kappa shape index (κ2) is 5.29. The number of amides is 1. The van der Waals surface area contributed by atoms with Gasteiger partial charge >= 0.3 is 0 Å². The topological polar surface area (TPSA) is 52.6 Å². The first-order valence-corrected chi connectivity index (χ1v) is 5.90. The van der Waals surface area contributed by atoms with Gasteiger partial charge < -0.3 is 10.4 Å². The van der Waals surface area contributed by atoms with Crippen molar-refractivity contribution in [2.24, 2.45) is 0 Å². The molecule has 0 saturated heterocycles. The number of carbonyl (C=O) groups is 1. The molecule has 1 aromatic carbocycles. The monoisotopic (exact) mass is 234 g/mol. The SMILES string of the molecule is CN1Cc2cccc(NC(=O)CCCO)c2C1. The molecule has 1 aliphatic rings. The van der Waals surface area contributed by atoms with Crippen LogP contribution in [0.15, 0.2) is 18.2 Å². The number of nitrogens with one attached hydrogen (secondary N) is 1. The third-order valence-corrected chi connectivity index (χ3v) is 2.98. The predicted molar refractivity (Wildman–Crippen MR) is 66.6 cm³/mol. The first kappa shape index (κ1) is 12.1. The van der Waals surface area contributed by atoms with Crippen molar-refractivity contribution in [1.82, 2.24) is 4.90 Å². The number of aliphatic hydroxyl groups is 1. The maximum atomic E-state index is 11.6. The van der Waals surface area contributed by atoms with Crippen LogP contribution in [0.5, 0.6) is 0 Å². The van der Waals surface area contributed by atoms with E-state index in [1.807, 2.05) is 12.1 Å². The Morgan fingerprint density at radius 1 is 1.47 bits per heavy atom. The maximum absolute atomic E-state index is 11.6. The summed E-state index contributed by atoms with van der Waals surface area (Å²) < 4.78 is 0. The summed E-state index contributed by atoms with van der Waals surface area (Å²) in [6.07, 6.45) is 0.886. The van der Waals surface area contributed by atoms with Gasteiger partial charge in [0.2, 0.25) is 5.91 Å². The molecular formula is C13H18N2O2. The predicted octanol–water partition coefficient (Wildman–Crippen LogP) is 1.34. The molecule has 0 aliphatic carbocycles. The summed E-state index contributed by atoms with van der Waals surface area (Å²) in [4.78, 5) is 13.8. The number of carbonyl (C=O) groups excluding carboxylic acids is 1. The molecule has 1 heterocycles. The lowest BCUT2D eigenvalue weighted by atomic mass is 10.1. The Morgan fingerprint density at radius 3 is 3.06 bits per heavy atom. The fourth-order valence-electron chi connectivity index (χ4n) is 2.16. The zero-order valence-corrected chi connectivity index (χ0v) is 10.1. The smallest absolute Gasteiger partial charge is 0.224 e. The van der Waals surface area contributed by atoms with Gasteiger partial charge in [-0.1, -0.05) is 12.1 Å². The van der Waals surface area contributed by atoms with Crippen molar-refractivity contribution in [1.29, 1.82) is 0 Å². The van der Waals surface area contributed by atoms with E-state index in [9.17, 15) is 4.79 Å². The van der Waals surface area contributed by atoms with Gasteiger partial charge in [-0.15, -0.1) is 0 Å². The molecular weight excluding hydrogens is 216 g/mol. The Hall–Kier alpha value is -1.39. The number of nitrogens with zero attached hydrogens (tertiary/aromatic N) is 1. The van der Waals surface area contributed by atoms with Gasteiger partial charge in [-0.2, -0.15) is 0 Å². The zero-order chi connectivity index (χ0) is 12.3. The molecule has 1 aromatic rings. The molecule has 2 N–H and O–H groups in total. The summed E-state index contributed by atoms with van der Waals surface area (Å²) in [5.74, 6) is -0.0259. The summed E-state index contributed by atoms with van der Waals surface area (Å²) in [6.45, 7) is 1.88. The van der Waals surface area contributed by atoms with Crippen LogP contribution in [0.2, 0.25) is 0 Å². The van der Waals surface area contributed by atoms with E-state index >= 15 is 0 Å². The summed E-state index contributed by atoms with van der Waals surface area (Å²) in [6, 6.07) is 6.01. The number of hydrogen-bond donors (Lipinski definition) is 2. The lowest BCUT2D eigenvalue weighted by Crippen LogP contribution is -2.14. The molecule has 0 atom stereocenters. The highest BCUT2D eigenvalue weighted by Crippen LogP contribution is 2.28. The molecule has 4 heteroatoms. The van der Waals surface area contributed by atoms with E-state index in [4.69, 9.17) is 5.11 Å². The molecule has 1 amide bonds. The van der Waals surface area contributed by atoms with Crippen molar-refractivity contribution in [2.75, 3.05) is 19.0 Å². The largest absolute Gasteiger partial charge is 0.396 e. The first-order chi connectivity index (χ1) is 8.20. The van der Waals surface area contributed by atoms with Gasteiger partial charge in [0, 0.05) is 31.8 Å². The average Bonchev–Trinajstić information content (AvgIpc) is 2.68. The molecule has 0 saturated carbocycles. The van der Waals surface area contributed by atoms with Crippen molar-refractivity contribution in [2.45, 2.75) is 25.9 Å². The van der Waals surface area contributed by atoms with Gasteiger partial charge in [-0.05, 0) is 30.7 Å². The highest BCUT2D eigenvalue weighted by molar-refractivity contribution is 5.91. The van der Waals surface area contributed by atoms with Crippen LogP contribution in [0.3, 0.4) is 0 Å². The van der Waals surface area contributed by atoms with E-state index in [2.05, 4.69) is 23.3 Å². The zero-order valence-electron chi connectivity index (χ0n) is 10.1. The fraction of sp³-hybridized carbons (Fsp3) is 0.462. The van der Waals surface area contributed by atoms with Crippen LogP contribution in [-0.2, 0) is 17.9 Å². The van der Waals surface area contributed by atoms with Crippen LogP contribution < -0.4 is 5.32 Å². The number of hydrogen-bond acceptors (Lipinski definition) is 3. The summed E-state index contributed by atoms with van der Waals surface area (Å²) >= 11 is 0. The summed E-state index contributed by atoms with van der Waals surface area (Å²) in [5.41, 5.74) is 3.41. The van der Waals surface area contributed by atoms with Gasteiger partial charge in [0.05, 0.1) is 0 Å².